The van der Waals surface area contributed by atoms with Gasteiger partial charge in [0.25, 0.3) is 0 Å². The standard InChI is InChI=1S/C34H47N5O9S2/c1-20(2)15-25(30(42)39-27(32(45)46)19-50-49-18-26(31(43)44)38-29(41)17-34(3,4)5)37-28(40)16-21-7-9-22(10-8-21)35-33(47)36-23-11-13-24(48-6)14-12-23/h7-14,20,25-27H,15-19H2,1-6H3,(H,37,40)(H,38,41)(H,39,42)(H,43,44)(H,45,46)(H2,35,36,47). The zero-order chi connectivity index (χ0) is 37.4. The molecule has 0 aliphatic heterocycles. The van der Waals surface area contributed by atoms with Crippen LogP contribution in [0.2, 0.25) is 0 Å². The predicted molar refractivity (Wildman–Crippen MR) is 195 cm³/mol. The van der Waals surface area contributed by atoms with E-state index in [4.69, 9.17) is 4.74 Å². The van der Waals surface area contributed by atoms with Gasteiger partial charge in [0.15, 0.2) is 0 Å². The van der Waals surface area contributed by atoms with E-state index in [1.165, 1.54) is 0 Å². The van der Waals surface area contributed by atoms with Crippen LogP contribution in [-0.4, -0.2) is 82.6 Å². The quantitative estimate of drug-likeness (QED) is 0.0796. The molecule has 0 saturated heterocycles. The van der Waals surface area contributed by atoms with Crippen molar-refractivity contribution < 1.29 is 43.7 Å². The van der Waals surface area contributed by atoms with E-state index in [1.54, 1.807) is 55.6 Å². The molecule has 16 heteroatoms. The number of carboxylic acid groups (broad SMARTS) is 2. The normalized spacial score (nSPS) is 12.9. The summed E-state index contributed by atoms with van der Waals surface area (Å²) in [5, 5.41) is 32.3. The first-order valence-corrected chi connectivity index (χ1v) is 18.3. The highest BCUT2D eigenvalue weighted by Crippen LogP contribution is 2.24. The molecule has 0 bridgehead atoms. The SMILES string of the molecule is COc1ccc(NC(=O)Nc2ccc(CC(=O)NC(CC(C)C)C(=O)NC(CSSCC(NC(=O)CC(C)(C)C)C(=O)O)C(=O)O)cc2)cc1. The van der Waals surface area contributed by atoms with Crippen molar-refractivity contribution in [3.05, 3.63) is 54.1 Å². The molecule has 0 aromatic heterocycles. The fourth-order valence-electron chi connectivity index (χ4n) is 4.39. The molecule has 0 radical (unpaired) electrons. The Morgan fingerprint density at radius 3 is 1.66 bits per heavy atom. The summed E-state index contributed by atoms with van der Waals surface area (Å²) in [6.45, 7) is 9.30. The van der Waals surface area contributed by atoms with Gasteiger partial charge in [0.05, 0.1) is 13.5 Å². The van der Waals surface area contributed by atoms with Crippen molar-refractivity contribution in [3.8, 4) is 5.75 Å². The number of urea groups is 1. The van der Waals surface area contributed by atoms with Crippen molar-refractivity contribution >= 4 is 68.7 Å². The highest BCUT2D eigenvalue weighted by molar-refractivity contribution is 8.76. The maximum Gasteiger partial charge on any atom is 0.327 e. The van der Waals surface area contributed by atoms with E-state index in [1.807, 2.05) is 34.6 Å². The van der Waals surface area contributed by atoms with Gasteiger partial charge in [-0.25, -0.2) is 14.4 Å². The summed E-state index contributed by atoms with van der Waals surface area (Å²) in [6.07, 6.45) is 0.338. The van der Waals surface area contributed by atoms with E-state index in [0.29, 0.717) is 22.7 Å². The Labute approximate surface area is 300 Å². The lowest BCUT2D eigenvalue weighted by Crippen LogP contribution is -2.53. The Morgan fingerprint density at radius 2 is 1.20 bits per heavy atom. The van der Waals surface area contributed by atoms with Crippen LogP contribution in [0.3, 0.4) is 0 Å². The largest absolute Gasteiger partial charge is 0.497 e. The summed E-state index contributed by atoms with van der Waals surface area (Å²) in [4.78, 5) is 74.3. The summed E-state index contributed by atoms with van der Waals surface area (Å²) in [5.41, 5.74) is 1.38. The number of ether oxygens (including phenoxy) is 1. The van der Waals surface area contributed by atoms with Crippen LogP contribution in [0.4, 0.5) is 16.2 Å². The number of rotatable bonds is 19. The smallest absolute Gasteiger partial charge is 0.327 e. The number of anilines is 2. The first-order chi connectivity index (χ1) is 23.4. The van der Waals surface area contributed by atoms with Crippen LogP contribution in [0.25, 0.3) is 0 Å². The molecule has 2 aromatic carbocycles. The number of hydrogen-bond acceptors (Lipinski definition) is 9. The van der Waals surface area contributed by atoms with Crippen LogP contribution in [0.5, 0.6) is 5.75 Å². The number of hydrogen-bond donors (Lipinski definition) is 7. The van der Waals surface area contributed by atoms with E-state index in [-0.39, 0.29) is 42.1 Å². The average Bonchev–Trinajstić information content (AvgIpc) is 3.01. The fourth-order valence-corrected chi connectivity index (χ4v) is 6.70. The number of carbonyl (C=O) groups excluding carboxylic acids is 4. The predicted octanol–water partition coefficient (Wildman–Crippen LogP) is 4.37. The van der Waals surface area contributed by atoms with Gasteiger partial charge in [-0.3, -0.25) is 14.4 Å². The molecule has 0 aliphatic rings. The Morgan fingerprint density at radius 1 is 0.720 bits per heavy atom. The second kappa shape index (κ2) is 20.3. The van der Waals surface area contributed by atoms with Crippen molar-refractivity contribution in [2.24, 2.45) is 11.3 Å². The molecule has 2 aromatic rings. The molecule has 14 nitrogen and oxygen atoms in total. The maximum atomic E-state index is 13.2. The molecule has 0 saturated carbocycles. The van der Waals surface area contributed by atoms with E-state index < -0.39 is 53.8 Å². The number of nitrogens with one attached hydrogen (secondary N) is 5. The third-order valence-corrected chi connectivity index (χ3v) is 9.20. The van der Waals surface area contributed by atoms with E-state index in [9.17, 15) is 39.0 Å². The minimum atomic E-state index is -1.31. The van der Waals surface area contributed by atoms with Gasteiger partial charge >= 0.3 is 18.0 Å². The molecule has 2 rings (SSSR count). The minimum Gasteiger partial charge on any atom is -0.497 e. The van der Waals surface area contributed by atoms with E-state index >= 15 is 0 Å². The lowest BCUT2D eigenvalue weighted by molar-refractivity contribution is -0.141. The molecule has 5 amide bonds. The molecular formula is C34H47N5O9S2. The Hall–Kier alpha value is -4.44. The number of carbonyl (C=O) groups is 6. The van der Waals surface area contributed by atoms with Crippen LogP contribution in [0, 0.1) is 11.3 Å². The summed E-state index contributed by atoms with van der Waals surface area (Å²) in [6, 6.07) is 9.51. The van der Waals surface area contributed by atoms with Crippen LogP contribution in [0.15, 0.2) is 48.5 Å². The molecule has 7 N–H and O–H groups in total. The zero-order valence-corrected chi connectivity index (χ0v) is 30.7. The second-order valence-corrected chi connectivity index (χ2v) is 15.6. The van der Waals surface area contributed by atoms with Gasteiger partial charge in [-0.15, -0.1) is 0 Å². The molecule has 3 atom stereocenters. The van der Waals surface area contributed by atoms with Crippen LogP contribution < -0.4 is 31.3 Å². The summed E-state index contributed by atoms with van der Waals surface area (Å²) >= 11 is 0. The lowest BCUT2D eigenvalue weighted by Gasteiger charge is -2.23. The van der Waals surface area contributed by atoms with Gasteiger partial charge in [0, 0.05) is 29.3 Å². The Bertz CT molecular complexity index is 1460. The zero-order valence-electron chi connectivity index (χ0n) is 29.0. The number of amides is 5. The summed E-state index contributed by atoms with van der Waals surface area (Å²) in [7, 11) is 3.66. The van der Waals surface area contributed by atoms with Gasteiger partial charge in [-0.05, 0) is 59.7 Å². The van der Waals surface area contributed by atoms with Gasteiger partial charge in [-0.1, -0.05) is 68.3 Å². The maximum absolute atomic E-state index is 13.2. The lowest BCUT2D eigenvalue weighted by atomic mass is 9.92. The van der Waals surface area contributed by atoms with E-state index in [2.05, 4.69) is 26.6 Å². The first kappa shape index (κ1) is 41.7. The van der Waals surface area contributed by atoms with E-state index in [0.717, 1.165) is 21.6 Å². The molecule has 274 valence electrons. The number of carboxylic acids is 2. The first-order valence-electron chi connectivity index (χ1n) is 15.9. The molecule has 0 spiro atoms. The third kappa shape index (κ3) is 16.3. The fraction of sp³-hybridized carbons (Fsp3) is 0.471. The molecule has 0 aliphatic carbocycles. The highest BCUT2D eigenvalue weighted by Gasteiger charge is 2.28. The molecule has 0 heterocycles. The van der Waals surface area contributed by atoms with Crippen molar-refractivity contribution in [3.63, 3.8) is 0 Å². The van der Waals surface area contributed by atoms with Crippen molar-refractivity contribution in [1.82, 2.24) is 16.0 Å². The Balaban J connectivity index is 1.90. The van der Waals surface area contributed by atoms with Crippen LogP contribution >= 0.6 is 21.6 Å². The second-order valence-electron chi connectivity index (χ2n) is 13.1. The summed E-state index contributed by atoms with van der Waals surface area (Å²) in [5.74, 6) is -3.47. The van der Waals surface area contributed by atoms with Crippen LogP contribution in [0.1, 0.15) is 53.0 Å². The molecule has 0 fully saturated rings. The van der Waals surface area contributed by atoms with Gasteiger partial charge in [0.1, 0.15) is 23.9 Å². The molecule has 50 heavy (non-hydrogen) atoms. The highest BCUT2D eigenvalue weighted by atomic mass is 33.1. The summed E-state index contributed by atoms with van der Waals surface area (Å²) < 4.78 is 5.10. The van der Waals surface area contributed by atoms with Crippen molar-refractivity contribution in [2.75, 3.05) is 29.2 Å². The van der Waals surface area contributed by atoms with Crippen LogP contribution in [-0.2, 0) is 30.4 Å². The Kier molecular flexibility index (Phi) is 16.9. The van der Waals surface area contributed by atoms with Crippen molar-refractivity contribution in [2.45, 2.75) is 72.0 Å². The molecule has 3 unspecified atom stereocenters. The number of methoxy groups -OCH3 is 1. The molecular weight excluding hydrogens is 687 g/mol. The minimum absolute atomic E-state index is 0.00452. The van der Waals surface area contributed by atoms with Gasteiger partial charge in [0.2, 0.25) is 17.7 Å². The third-order valence-electron chi connectivity index (χ3n) is 6.77. The van der Waals surface area contributed by atoms with Gasteiger partial charge in [-0.2, -0.15) is 0 Å². The topological polar surface area (TPSA) is 212 Å². The van der Waals surface area contributed by atoms with Crippen molar-refractivity contribution in [1.29, 1.82) is 0 Å². The average molecular weight is 734 g/mol. The van der Waals surface area contributed by atoms with Gasteiger partial charge < -0.3 is 41.5 Å². The number of benzene rings is 2. The number of aliphatic carboxylic acids is 2. The monoisotopic (exact) mass is 733 g/mol.